The Morgan fingerprint density at radius 3 is 2.55 bits per heavy atom. The van der Waals surface area contributed by atoms with Crippen LogP contribution >= 0.6 is 34.2 Å². The summed E-state index contributed by atoms with van der Waals surface area (Å²) < 4.78 is 1.13. The predicted molar refractivity (Wildman–Crippen MR) is 97.0 cm³/mol. The lowest BCUT2D eigenvalue weighted by molar-refractivity contribution is 0.572. The second-order valence-electron chi connectivity index (χ2n) is 6.02. The quantitative estimate of drug-likeness (QED) is 0.675. The Balaban J connectivity index is 2.71. The van der Waals surface area contributed by atoms with Crippen LogP contribution in [0.5, 0.6) is 0 Å². The zero-order valence-corrected chi connectivity index (χ0v) is 15.3. The van der Waals surface area contributed by atoms with Gasteiger partial charge in [0.15, 0.2) is 0 Å². The topological polar surface area (TPSA) is 24.9 Å². The van der Waals surface area contributed by atoms with Gasteiger partial charge in [-0.1, -0.05) is 39.3 Å². The molecule has 20 heavy (non-hydrogen) atoms. The maximum Gasteiger partial charge on any atom is 0.0913 e. The highest BCUT2D eigenvalue weighted by Gasteiger charge is 2.19. The largest absolute Gasteiger partial charge is 0.384 e. The van der Waals surface area contributed by atoms with Crippen LogP contribution < -0.4 is 5.32 Å². The molecule has 0 saturated carbocycles. The first-order valence-electron chi connectivity index (χ1n) is 6.87. The predicted octanol–water partition coefficient (Wildman–Crippen LogP) is 5.61. The Morgan fingerprint density at radius 1 is 1.25 bits per heavy atom. The fraction of sp³-hybridized carbons (Fsp3) is 0.438. The molecule has 0 radical (unpaired) electrons. The highest BCUT2D eigenvalue weighted by molar-refractivity contribution is 14.1. The number of nitrogens with one attached hydrogen (secondary N) is 1. The second kappa shape index (κ2) is 6.06. The van der Waals surface area contributed by atoms with Crippen molar-refractivity contribution in [3.8, 4) is 0 Å². The molecule has 0 aliphatic heterocycles. The number of hydrogen-bond donors (Lipinski definition) is 1. The van der Waals surface area contributed by atoms with Crippen LogP contribution in [0.15, 0.2) is 18.2 Å². The highest BCUT2D eigenvalue weighted by Crippen LogP contribution is 2.33. The summed E-state index contributed by atoms with van der Waals surface area (Å²) >= 11 is 8.69. The first-order valence-corrected chi connectivity index (χ1v) is 8.32. The maximum atomic E-state index is 6.40. The summed E-state index contributed by atoms with van der Waals surface area (Å²) in [5.41, 5.74) is 3.08. The first-order chi connectivity index (χ1) is 9.32. The normalized spacial score (nSPS) is 11.9. The van der Waals surface area contributed by atoms with Crippen molar-refractivity contribution in [1.29, 1.82) is 0 Å². The van der Waals surface area contributed by atoms with Crippen LogP contribution in [0.1, 0.15) is 39.8 Å². The molecule has 2 aromatic rings. The van der Waals surface area contributed by atoms with Crippen molar-refractivity contribution in [3.05, 3.63) is 32.5 Å². The highest BCUT2D eigenvalue weighted by atomic mass is 127. The molecule has 2 rings (SSSR count). The summed E-state index contributed by atoms with van der Waals surface area (Å²) in [5, 5.41) is 5.32. The Hall–Kier alpha value is -0.550. The Kier molecular flexibility index (Phi) is 4.80. The van der Waals surface area contributed by atoms with E-state index in [1.54, 1.807) is 0 Å². The fourth-order valence-corrected chi connectivity index (χ4v) is 3.11. The molecule has 0 bridgehead atoms. The molecule has 0 fully saturated rings. The van der Waals surface area contributed by atoms with Crippen molar-refractivity contribution >= 4 is 50.8 Å². The van der Waals surface area contributed by atoms with Crippen LogP contribution in [0, 0.1) is 3.57 Å². The van der Waals surface area contributed by atoms with E-state index >= 15 is 0 Å². The van der Waals surface area contributed by atoms with Gasteiger partial charge in [0.05, 0.1) is 10.5 Å². The lowest BCUT2D eigenvalue weighted by Gasteiger charge is -2.21. The Morgan fingerprint density at radius 2 is 1.95 bits per heavy atom. The number of halogens is 2. The van der Waals surface area contributed by atoms with Gasteiger partial charge in [0.2, 0.25) is 0 Å². The van der Waals surface area contributed by atoms with Crippen LogP contribution in [0.3, 0.4) is 0 Å². The van der Waals surface area contributed by atoms with Gasteiger partial charge in [0, 0.05) is 32.3 Å². The SMILES string of the molecule is CCCNc1cc(C(C)(C)C)nc2c(Cl)cc(I)cc12. The molecule has 0 aliphatic carbocycles. The number of nitrogens with zero attached hydrogens (tertiary/aromatic N) is 1. The van der Waals surface area contributed by atoms with E-state index in [1.165, 1.54) is 0 Å². The minimum Gasteiger partial charge on any atom is -0.384 e. The van der Waals surface area contributed by atoms with Gasteiger partial charge in [-0.25, -0.2) is 0 Å². The van der Waals surface area contributed by atoms with Crippen LogP contribution in [0.2, 0.25) is 5.02 Å². The van der Waals surface area contributed by atoms with Gasteiger partial charge in [0.25, 0.3) is 0 Å². The van der Waals surface area contributed by atoms with E-state index in [0.717, 1.165) is 43.8 Å². The van der Waals surface area contributed by atoms with Gasteiger partial charge in [0.1, 0.15) is 0 Å². The average Bonchev–Trinajstić information content (AvgIpc) is 2.34. The first kappa shape index (κ1) is 15.8. The smallest absolute Gasteiger partial charge is 0.0913 e. The number of pyridine rings is 1. The summed E-state index contributed by atoms with van der Waals surface area (Å²) in [5.74, 6) is 0. The van der Waals surface area contributed by atoms with Gasteiger partial charge < -0.3 is 5.32 Å². The summed E-state index contributed by atoms with van der Waals surface area (Å²) in [6.07, 6.45) is 1.09. The lowest BCUT2D eigenvalue weighted by Crippen LogP contribution is -2.15. The van der Waals surface area contributed by atoms with Gasteiger partial charge in [-0.15, -0.1) is 0 Å². The number of rotatable bonds is 3. The molecule has 0 unspecified atom stereocenters. The molecule has 1 aromatic heterocycles. The Labute approximate surface area is 139 Å². The molecular weight excluding hydrogens is 383 g/mol. The standard InChI is InChI=1S/C16H20ClIN2/c1-5-6-19-13-9-14(16(2,3)4)20-15-11(13)7-10(18)8-12(15)17/h7-9H,5-6H2,1-4H3,(H,19,20). The van der Waals surface area contributed by atoms with Crippen molar-refractivity contribution in [3.63, 3.8) is 0 Å². The van der Waals surface area contributed by atoms with Gasteiger partial charge >= 0.3 is 0 Å². The van der Waals surface area contributed by atoms with Crippen LogP contribution in [0.4, 0.5) is 5.69 Å². The van der Waals surface area contributed by atoms with Crippen molar-refractivity contribution in [2.75, 3.05) is 11.9 Å². The van der Waals surface area contributed by atoms with E-state index in [4.69, 9.17) is 16.6 Å². The van der Waals surface area contributed by atoms with Crippen molar-refractivity contribution < 1.29 is 0 Å². The second-order valence-corrected chi connectivity index (χ2v) is 7.67. The molecule has 1 heterocycles. The molecule has 2 nitrogen and oxygen atoms in total. The minimum atomic E-state index is 0.00313. The van der Waals surface area contributed by atoms with Crippen molar-refractivity contribution in [2.45, 2.75) is 39.5 Å². The van der Waals surface area contributed by atoms with Gasteiger partial charge in [-0.2, -0.15) is 0 Å². The van der Waals surface area contributed by atoms with Crippen molar-refractivity contribution in [1.82, 2.24) is 4.98 Å². The van der Waals surface area contributed by atoms with E-state index in [1.807, 2.05) is 6.07 Å². The third kappa shape index (κ3) is 3.37. The number of anilines is 1. The summed E-state index contributed by atoms with van der Waals surface area (Å²) in [4.78, 5) is 4.78. The summed E-state index contributed by atoms with van der Waals surface area (Å²) in [6.45, 7) is 9.63. The zero-order chi connectivity index (χ0) is 14.9. The monoisotopic (exact) mass is 402 g/mol. The lowest BCUT2D eigenvalue weighted by atomic mass is 9.90. The fourth-order valence-electron chi connectivity index (χ4n) is 2.04. The van der Waals surface area contributed by atoms with Crippen LogP contribution in [-0.4, -0.2) is 11.5 Å². The Bertz CT molecular complexity index is 632. The maximum absolute atomic E-state index is 6.40. The minimum absolute atomic E-state index is 0.00313. The zero-order valence-electron chi connectivity index (χ0n) is 12.3. The van der Waals surface area contributed by atoms with Gasteiger partial charge in [-0.3, -0.25) is 4.98 Å². The average molecular weight is 403 g/mol. The van der Waals surface area contributed by atoms with Crippen LogP contribution in [0.25, 0.3) is 10.9 Å². The molecule has 108 valence electrons. The molecule has 0 aliphatic rings. The molecular formula is C16H20ClIN2. The summed E-state index contributed by atoms with van der Waals surface area (Å²) in [6, 6.07) is 6.26. The van der Waals surface area contributed by atoms with E-state index in [2.05, 4.69) is 67.7 Å². The third-order valence-corrected chi connectivity index (χ3v) is 4.08. The molecule has 1 aromatic carbocycles. The molecule has 0 amide bonds. The number of aromatic nitrogens is 1. The summed E-state index contributed by atoms with van der Waals surface area (Å²) in [7, 11) is 0. The molecule has 0 saturated heterocycles. The molecule has 0 atom stereocenters. The van der Waals surface area contributed by atoms with Crippen LogP contribution in [-0.2, 0) is 5.41 Å². The van der Waals surface area contributed by atoms with E-state index in [0.29, 0.717) is 0 Å². The molecule has 0 spiro atoms. The van der Waals surface area contributed by atoms with E-state index in [-0.39, 0.29) is 5.41 Å². The molecule has 4 heteroatoms. The number of hydrogen-bond acceptors (Lipinski definition) is 2. The number of benzene rings is 1. The van der Waals surface area contributed by atoms with Gasteiger partial charge in [-0.05, 0) is 47.2 Å². The number of fused-ring (bicyclic) bond motifs is 1. The molecule has 1 N–H and O–H groups in total. The third-order valence-electron chi connectivity index (χ3n) is 3.17. The van der Waals surface area contributed by atoms with E-state index < -0.39 is 0 Å². The van der Waals surface area contributed by atoms with Crippen molar-refractivity contribution in [2.24, 2.45) is 0 Å². The van der Waals surface area contributed by atoms with E-state index in [9.17, 15) is 0 Å².